The van der Waals surface area contributed by atoms with Gasteiger partial charge in [0.15, 0.2) is 0 Å². The molecule has 84 valence electrons. The predicted molar refractivity (Wildman–Crippen MR) is 67.7 cm³/mol. The van der Waals surface area contributed by atoms with Crippen molar-refractivity contribution in [3.05, 3.63) is 53.1 Å². The molecular formula is C15H13NO. The van der Waals surface area contributed by atoms with Crippen LogP contribution in [0.2, 0.25) is 0 Å². The second-order valence-corrected chi connectivity index (χ2v) is 4.08. The molecule has 0 radical (unpaired) electrons. The van der Waals surface area contributed by atoms with E-state index >= 15 is 0 Å². The minimum absolute atomic E-state index is 0.218. The van der Waals surface area contributed by atoms with Gasteiger partial charge >= 0.3 is 0 Å². The highest BCUT2D eigenvalue weighted by molar-refractivity contribution is 5.80. The first-order valence-corrected chi connectivity index (χ1v) is 5.44. The van der Waals surface area contributed by atoms with Crippen LogP contribution in [-0.4, -0.2) is 5.11 Å². The van der Waals surface area contributed by atoms with Crippen LogP contribution in [0.3, 0.4) is 0 Å². The van der Waals surface area contributed by atoms with E-state index in [1.165, 1.54) is 0 Å². The fourth-order valence-electron chi connectivity index (χ4n) is 2.07. The lowest BCUT2D eigenvalue weighted by Crippen LogP contribution is -1.91. The lowest BCUT2D eigenvalue weighted by molar-refractivity contribution is 0.477. The summed E-state index contributed by atoms with van der Waals surface area (Å²) >= 11 is 0. The van der Waals surface area contributed by atoms with Crippen LogP contribution >= 0.6 is 0 Å². The van der Waals surface area contributed by atoms with E-state index in [0.29, 0.717) is 5.56 Å². The molecule has 0 aliphatic heterocycles. The first-order valence-electron chi connectivity index (χ1n) is 5.44. The molecule has 0 amide bonds. The van der Waals surface area contributed by atoms with Crippen molar-refractivity contribution < 1.29 is 5.11 Å². The molecular weight excluding hydrogens is 210 g/mol. The van der Waals surface area contributed by atoms with E-state index in [1.54, 1.807) is 18.2 Å². The summed E-state index contributed by atoms with van der Waals surface area (Å²) in [4.78, 5) is 0. The minimum Gasteiger partial charge on any atom is -0.507 e. The SMILES string of the molecule is Cc1cccc(O)c1-c1c(C)cccc1C#N. The first-order chi connectivity index (χ1) is 8.15. The fraction of sp³-hybridized carbons (Fsp3) is 0.133. The number of aromatic hydroxyl groups is 1. The lowest BCUT2D eigenvalue weighted by Gasteiger charge is -2.12. The van der Waals surface area contributed by atoms with E-state index in [2.05, 4.69) is 6.07 Å². The van der Waals surface area contributed by atoms with Gasteiger partial charge < -0.3 is 5.11 Å². The topological polar surface area (TPSA) is 44.0 Å². The van der Waals surface area contributed by atoms with Crippen LogP contribution in [0.5, 0.6) is 5.75 Å². The number of rotatable bonds is 1. The Morgan fingerprint density at radius 2 is 1.53 bits per heavy atom. The molecule has 2 rings (SSSR count). The van der Waals surface area contributed by atoms with Gasteiger partial charge in [-0.3, -0.25) is 0 Å². The number of nitrogens with zero attached hydrogens (tertiary/aromatic N) is 1. The average Bonchev–Trinajstić information content (AvgIpc) is 2.30. The summed E-state index contributed by atoms with van der Waals surface area (Å²) in [5.41, 5.74) is 4.13. The zero-order chi connectivity index (χ0) is 12.4. The number of hydrogen-bond donors (Lipinski definition) is 1. The van der Waals surface area contributed by atoms with Gasteiger partial charge in [0.25, 0.3) is 0 Å². The van der Waals surface area contributed by atoms with Crippen LogP contribution in [0.4, 0.5) is 0 Å². The summed E-state index contributed by atoms with van der Waals surface area (Å²) in [7, 11) is 0. The van der Waals surface area contributed by atoms with E-state index in [4.69, 9.17) is 5.26 Å². The Balaban J connectivity index is 2.82. The van der Waals surface area contributed by atoms with Crippen LogP contribution in [0, 0.1) is 25.2 Å². The third-order valence-corrected chi connectivity index (χ3v) is 2.89. The second kappa shape index (κ2) is 4.31. The van der Waals surface area contributed by atoms with Gasteiger partial charge in [0.1, 0.15) is 5.75 Å². The Morgan fingerprint density at radius 3 is 2.12 bits per heavy atom. The number of aryl methyl sites for hydroxylation is 2. The molecule has 0 fully saturated rings. The molecule has 2 nitrogen and oxygen atoms in total. The molecule has 0 atom stereocenters. The molecule has 0 aliphatic carbocycles. The van der Waals surface area contributed by atoms with Crippen LogP contribution in [0.15, 0.2) is 36.4 Å². The van der Waals surface area contributed by atoms with Crippen molar-refractivity contribution >= 4 is 0 Å². The van der Waals surface area contributed by atoms with Crippen LogP contribution in [0.25, 0.3) is 11.1 Å². The Kier molecular flexibility index (Phi) is 2.84. The van der Waals surface area contributed by atoms with E-state index in [0.717, 1.165) is 22.3 Å². The van der Waals surface area contributed by atoms with Crippen LogP contribution in [-0.2, 0) is 0 Å². The van der Waals surface area contributed by atoms with E-state index in [1.807, 2.05) is 32.0 Å². The molecule has 0 bridgehead atoms. The fourth-order valence-corrected chi connectivity index (χ4v) is 2.07. The maximum absolute atomic E-state index is 9.98. The first kappa shape index (κ1) is 11.2. The van der Waals surface area contributed by atoms with E-state index in [-0.39, 0.29) is 5.75 Å². The summed E-state index contributed by atoms with van der Waals surface area (Å²) in [6, 6.07) is 13.1. The second-order valence-electron chi connectivity index (χ2n) is 4.08. The highest BCUT2D eigenvalue weighted by Crippen LogP contribution is 2.36. The lowest BCUT2D eigenvalue weighted by atomic mass is 9.92. The van der Waals surface area contributed by atoms with Crippen molar-refractivity contribution in [2.75, 3.05) is 0 Å². The molecule has 1 N–H and O–H groups in total. The maximum Gasteiger partial charge on any atom is 0.123 e. The van der Waals surface area contributed by atoms with Gasteiger partial charge in [-0.1, -0.05) is 24.3 Å². The smallest absolute Gasteiger partial charge is 0.123 e. The summed E-state index contributed by atoms with van der Waals surface area (Å²) in [6.45, 7) is 3.88. The largest absolute Gasteiger partial charge is 0.507 e. The normalized spacial score (nSPS) is 9.94. The van der Waals surface area contributed by atoms with Crippen molar-refractivity contribution in [1.29, 1.82) is 5.26 Å². The monoisotopic (exact) mass is 223 g/mol. The van der Waals surface area contributed by atoms with Crippen molar-refractivity contribution in [2.45, 2.75) is 13.8 Å². The molecule has 0 aliphatic rings. The van der Waals surface area contributed by atoms with Crippen LogP contribution < -0.4 is 0 Å². The third kappa shape index (κ3) is 1.88. The Labute approximate surface area is 101 Å². The minimum atomic E-state index is 0.218. The molecule has 0 saturated heterocycles. The summed E-state index contributed by atoms with van der Waals surface area (Å²) in [5, 5.41) is 19.1. The van der Waals surface area contributed by atoms with Crippen molar-refractivity contribution in [3.63, 3.8) is 0 Å². The van der Waals surface area contributed by atoms with Crippen LogP contribution in [0.1, 0.15) is 16.7 Å². The molecule has 0 saturated carbocycles. The van der Waals surface area contributed by atoms with Gasteiger partial charge in [-0.2, -0.15) is 5.26 Å². The molecule has 2 heteroatoms. The van der Waals surface area contributed by atoms with Gasteiger partial charge in [0.2, 0.25) is 0 Å². The summed E-state index contributed by atoms with van der Waals surface area (Å²) in [5.74, 6) is 0.218. The van der Waals surface area contributed by atoms with Crippen molar-refractivity contribution in [3.8, 4) is 22.9 Å². The highest BCUT2D eigenvalue weighted by atomic mass is 16.3. The number of benzene rings is 2. The van der Waals surface area contributed by atoms with Crippen molar-refractivity contribution in [1.82, 2.24) is 0 Å². The number of nitriles is 1. The van der Waals surface area contributed by atoms with Crippen molar-refractivity contribution in [2.24, 2.45) is 0 Å². The zero-order valence-corrected chi connectivity index (χ0v) is 9.86. The molecule has 0 aromatic heterocycles. The Bertz CT molecular complexity index is 589. The standard InChI is InChI=1S/C15H13NO/c1-10-5-3-7-12(9-16)14(10)15-11(2)6-4-8-13(15)17/h3-8,17H,1-2H3. The Morgan fingerprint density at radius 1 is 0.941 bits per heavy atom. The van der Waals surface area contributed by atoms with E-state index in [9.17, 15) is 5.11 Å². The third-order valence-electron chi connectivity index (χ3n) is 2.89. The van der Waals surface area contributed by atoms with Gasteiger partial charge in [0.05, 0.1) is 11.6 Å². The molecule has 0 unspecified atom stereocenters. The summed E-state index contributed by atoms with van der Waals surface area (Å²) < 4.78 is 0. The summed E-state index contributed by atoms with van der Waals surface area (Å²) in [6.07, 6.45) is 0. The van der Waals surface area contributed by atoms with Gasteiger partial charge in [0, 0.05) is 11.1 Å². The Hall–Kier alpha value is -2.27. The van der Waals surface area contributed by atoms with Gasteiger partial charge in [-0.15, -0.1) is 0 Å². The molecule has 17 heavy (non-hydrogen) atoms. The number of phenols is 1. The zero-order valence-electron chi connectivity index (χ0n) is 9.86. The predicted octanol–water partition coefficient (Wildman–Crippen LogP) is 3.55. The average molecular weight is 223 g/mol. The maximum atomic E-state index is 9.98. The van der Waals surface area contributed by atoms with Gasteiger partial charge in [-0.05, 0) is 37.1 Å². The molecule has 0 heterocycles. The molecule has 0 spiro atoms. The quantitative estimate of drug-likeness (QED) is 0.803. The molecule has 2 aromatic rings. The van der Waals surface area contributed by atoms with E-state index < -0.39 is 0 Å². The molecule has 2 aromatic carbocycles. The number of phenolic OH excluding ortho intramolecular Hbond substituents is 1. The van der Waals surface area contributed by atoms with Gasteiger partial charge in [-0.25, -0.2) is 0 Å². The highest BCUT2D eigenvalue weighted by Gasteiger charge is 2.13. The number of hydrogen-bond acceptors (Lipinski definition) is 2.